The van der Waals surface area contributed by atoms with Gasteiger partial charge in [-0.25, -0.2) is 8.42 Å². The zero-order valence-electron chi connectivity index (χ0n) is 29.3. The lowest BCUT2D eigenvalue weighted by atomic mass is 9.90. The number of rotatable bonds is 9. The van der Waals surface area contributed by atoms with Crippen LogP contribution in [0.15, 0.2) is 72.8 Å². The Hall–Kier alpha value is -3.94. The van der Waals surface area contributed by atoms with E-state index < -0.39 is 46.1 Å². The highest BCUT2D eigenvalue weighted by Crippen LogP contribution is 2.39. The molecule has 0 aromatic heterocycles. The highest BCUT2D eigenvalue weighted by molar-refractivity contribution is 7.92. The Balaban J connectivity index is 1.31. The maximum absolute atomic E-state index is 13.8. The SMILES string of the molecule is CS(=O)(=O)Nc1ccccc1C(=O)NC1CNCCOC1c1cc(Cl)c(Cl)cc1-c1ccc(C(=O)NC2CNCCOC2c2ccc(Cl)c(Cl)c2)c(C#N)c1. The number of hydrogen-bond donors (Lipinski definition) is 5. The van der Waals surface area contributed by atoms with Crippen LogP contribution in [0.2, 0.25) is 20.1 Å². The molecule has 2 amide bonds. The molecule has 0 saturated carbocycles. The lowest BCUT2D eigenvalue weighted by molar-refractivity contribution is 0.0417. The van der Waals surface area contributed by atoms with Crippen molar-refractivity contribution in [3.63, 3.8) is 0 Å². The van der Waals surface area contributed by atoms with Gasteiger partial charge in [0.2, 0.25) is 10.0 Å². The van der Waals surface area contributed by atoms with Gasteiger partial charge in [0.05, 0.1) is 80.1 Å². The molecule has 0 bridgehead atoms. The number of halogens is 4. The molecule has 288 valence electrons. The van der Waals surface area contributed by atoms with Crippen LogP contribution in [0.3, 0.4) is 0 Å². The fourth-order valence-corrected chi connectivity index (χ4v) is 7.79. The third-order valence-electron chi connectivity index (χ3n) is 9.08. The minimum absolute atomic E-state index is 0.101. The number of nitrogens with zero attached hydrogens (tertiary/aromatic N) is 1. The standard InChI is InChI=1S/C38H36Cl4N6O6S/c1-55(51,52)48-32-5-3-2-4-25(32)38(50)47-34-20-45-11-13-54-36(34)27-17-31(42)30(41)16-26(27)21-6-8-24(23(14-21)18-43)37(49)46-33-19-44-10-12-53-35(33)22-7-9-28(39)29(40)15-22/h2-9,14-17,33-36,44-45,48H,10-13,19-20H2,1H3,(H,46,49)(H,47,50). The molecule has 4 unspecified atom stereocenters. The molecule has 5 N–H and O–H groups in total. The lowest BCUT2D eigenvalue weighted by Crippen LogP contribution is -2.45. The molecular weight excluding hydrogens is 810 g/mol. The van der Waals surface area contributed by atoms with Gasteiger partial charge in [-0.3, -0.25) is 14.3 Å². The number of amides is 2. The number of sulfonamides is 1. The van der Waals surface area contributed by atoms with Gasteiger partial charge in [0.15, 0.2) is 0 Å². The minimum atomic E-state index is -3.67. The second kappa shape index (κ2) is 17.9. The first-order valence-electron chi connectivity index (χ1n) is 17.1. The van der Waals surface area contributed by atoms with E-state index in [2.05, 4.69) is 32.1 Å². The molecule has 2 fully saturated rings. The average molecular weight is 847 g/mol. The molecule has 2 aliphatic heterocycles. The Morgan fingerprint density at radius 3 is 2.05 bits per heavy atom. The van der Waals surface area contributed by atoms with E-state index in [4.69, 9.17) is 55.9 Å². The summed E-state index contributed by atoms with van der Waals surface area (Å²) in [4.78, 5) is 27.5. The summed E-state index contributed by atoms with van der Waals surface area (Å²) in [5, 5.41) is 24.1. The van der Waals surface area contributed by atoms with Crippen LogP contribution in [0.4, 0.5) is 5.69 Å². The van der Waals surface area contributed by atoms with Crippen LogP contribution in [-0.2, 0) is 19.5 Å². The maximum Gasteiger partial charge on any atom is 0.253 e. The minimum Gasteiger partial charge on any atom is -0.370 e. The summed E-state index contributed by atoms with van der Waals surface area (Å²) < 4.78 is 38.9. The molecule has 2 aliphatic rings. The van der Waals surface area contributed by atoms with Gasteiger partial charge in [0.1, 0.15) is 12.2 Å². The Morgan fingerprint density at radius 1 is 0.764 bits per heavy atom. The molecule has 2 saturated heterocycles. The highest BCUT2D eigenvalue weighted by Gasteiger charge is 2.33. The summed E-state index contributed by atoms with van der Waals surface area (Å²) in [6, 6.07) is 20.6. The lowest BCUT2D eigenvalue weighted by Gasteiger charge is -2.29. The molecular formula is C38H36Cl4N6O6S. The predicted molar refractivity (Wildman–Crippen MR) is 214 cm³/mol. The van der Waals surface area contributed by atoms with E-state index in [9.17, 15) is 23.3 Å². The topological polar surface area (TPSA) is 171 Å². The summed E-state index contributed by atoms with van der Waals surface area (Å²) in [6.07, 6.45) is -0.305. The van der Waals surface area contributed by atoms with Crippen molar-refractivity contribution in [2.24, 2.45) is 0 Å². The molecule has 4 atom stereocenters. The monoisotopic (exact) mass is 844 g/mol. The second-order valence-corrected chi connectivity index (χ2v) is 16.3. The van der Waals surface area contributed by atoms with Crippen molar-refractivity contribution in [1.29, 1.82) is 5.26 Å². The highest BCUT2D eigenvalue weighted by atomic mass is 35.5. The van der Waals surface area contributed by atoms with E-state index >= 15 is 0 Å². The number of carbonyl (C=O) groups excluding carboxylic acids is 2. The molecule has 0 radical (unpaired) electrons. The first-order chi connectivity index (χ1) is 26.3. The van der Waals surface area contributed by atoms with Crippen molar-refractivity contribution < 1.29 is 27.5 Å². The third-order valence-corrected chi connectivity index (χ3v) is 11.1. The molecule has 6 rings (SSSR count). The van der Waals surface area contributed by atoms with Gasteiger partial charge in [-0.1, -0.05) is 70.7 Å². The van der Waals surface area contributed by atoms with E-state index in [1.54, 1.807) is 60.7 Å². The van der Waals surface area contributed by atoms with Gasteiger partial charge in [-0.15, -0.1) is 0 Å². The van der Waals surface area contributed by atoms with E-state index in [-0.39, 0.29) is 39.0 Å². The van der Waals surface area contributed by atoms with Crippen LogP contribution >= 0.6 is 46.4 Å². The number of ether oxygens (including phenoxy) is 2. The third kappa shape index (κ3) is 9.90. The van der Waals surface area contributed by atoms with Crippen molar-refractivity contribution >= 4 is 73.9 Å². The number of nitriles is 1. The zero-order valence-corrected chi connectivity index (χ0v) is 33.1. The summed E-state index contributed by atoms with van der Waals surface area (Å²) in [5.41, 5.74) is 2.90. The quantitative estimate of drug-likeness (QED) is 0.133. The van der Waals surface area contributed by atoms with Crippen LogP contribution in [0, 0.1) is 11.3 Å². The molecule has 4 aromatic carbocycles. The average Bonchev–Trinajstić information content (AvgIpc) is 3.53. The number of anilines is 1. The normalized spacial score (nSPS) is 20.4. The van der Waals surface area contributed by atoms with Gasteiger partial charge in [-0.05, 0) is 70.8 Å². The van der Waals surface area contributed by atoms with Gasteiger partial charge in [0, 0.05) is 26.2 Å². The van der Waals surface area contributed by atoms with Crippen LogP contribution in [0.25, 0.3) is 11.1 Å². The summed E-state index contributed by atoms with van der Waals surface area (Å²) >= 11 is 25.6. The fourth-order valence-electron chi connectivity index (χ4n) is 6.57. The van der Waals surface area contributed by atoms with Gasteiger partial charge < -0.3 is 30.7 Å². The van der Waals surface area contributed by atoms with Gasteiger partial charge in [0.25, 0.3) is 11.8 Å². The summed E-state index contributed by atoms with van der Waals surface area (Å²) in [6.45, 7) is 2.45. The smallest absolute Gasteiger partial charge is 0.253 e. The van der Waals surface area contributed by atoms with Gasteiger partial charge in [-0.2, -0.15) is 5.26 Å². The predicted octanol–water partition coefficient (Wildman–Crippen LogP) is 6.13. The second-order valence-electron chi connectivity index (χ2n) is 13.0. The van der Waals surface area contributed by atoms with Crippen LogP contribution in [0.5, 0.6) is 0 Å². The van der Waals surface area contributed by atoms with Crippen molar-refractivity contribution in [3.05, 3.63) is 121 Å². The Labute approximate surface area is 338 Å². The van der Waals surface area contributed by atoms with Crippen molar-refractivity contribution in [2.45, 2.75) is 24.3 Å². The number of hydrogen-bond acceptors (Lipinski definition) is 9. The number of nitrogens with one attached hydrogen (secondary N) is 5. The van der Waals surface area contributed by atoms with E-state index in [1.807, 2.05) is 0 Å². The molecule has 12 nitrogen and oxygen atoms in total. The zero-order chi connectivity index (χ0) is 39.3. The molecule has 0 aliphatic carbocycles. The van der Waals surface area contributed by atoms with E-state index in [1.165, 1.54) is 12.1 Å². The molecule has 17 heteroatoms. The van der Waals surface area contributed by atoms with Crippen molar-refractivity contribution in [1.82, 2.24) is 21.3 Å². The molecule has 55 heavy (non-hydrogen) atoms. The van der Waals surface area contributed by atoms with E-state index in [0.717, 1.165) is 11.8 Å². The van der Waals surface area contributed by atoms with Crippen LogP contribution in [-0.4, -0.2) is 78.0 Å². The van der Waals surface area contributed by atoms with Crippen molar-refractivity contribution in [2.75, 3.05) is 50.4 Å². The Morgan fingerprint density at radius 2 is 1.38 bits per heavy atom. The molecule has 0 spiro atoms. The number of carbonyl (C=O) groups is 2. The largest absolute Gasteiger partial charge is 0.370 e. The summed E-state index contributed by atoms with van der Waals surface area (Å²) in [5.74, 6) is -1.01. The Bertz CT molecular complexity index is 2260. The molecule has 4 aromatic rings. The Kier molecular flexibility index (Phi) is 13.2. The van der Waals surface area contributed by atoms with E-state index in [0.29, 0.717) is 59.5 Å². The fraction of sp³-hybridized carbons (Fsp3) is 0.289. The van der Waals surface area contributed by atoms with Gasteiger partial charge >= 0.3 is 0 Å². The van der Waals surface area contributed by atoms with Crippen LogP contribution in [0.1, 0.15) is 49.6 Å². The number of benzene rings is 4. The first kappa shape index (κ1) is 40.7. The van der Waals surface area contributed by atoms with Crippen molar-refractivity contribution in [3.8, 4) is 17.2 Å². The maximum atomic E-state index is 13.8. The molecule has 2 heterocycles. The summed E-state index contributed by atoms with van der Waals surface area (Å²) in [7, 11) is -3.67. The van der Waals surface area contributed by atoms with Crippen LogP contribution < -0.4 is 26.0 Å². The first-order valence-corrected chi connectivity index (χ1v) is 20.5. The number of para-hydroxylation sites is 1.